The van der Waals surface area contributed by atoms with Gasteiger partial charge in [-0.25, -0.2) is 0 Å². The van der Waals surface area contributed by atoms with Crippen LogP contribution in [-0.4, -0.2) is 50.6 Å². The van der Waals surface area contributed by atoms with Crippen molar-refractivity contribution in [3.8, 4) is 0 Å². The first kappa shape index (κ1) is 20.1. The Labute approximate surface area is 178 Å². The molecule has 3 aromatic rings. The van der Waals surface area contributed by atoms with Crippen molar-refractivity contribution in [2.45, 2.75) is 48.4 Å². The Kier molecular flexibility index (Phi) is 4.93. The van der Waals surface area contributed by atoms with Crippen LogP contribution in [0.4, 0.5) is 0 Å². The summed E-state index contributed by atoms with van der Waals surface area (Å²) in [5.74, 6) is 0.841. The largest absolute Gasteiger partial charge is 0.461 e. The highest BCUT2D eigenvalue weighted by Crippen LogP contribution is 2.54. The molecule has 1 spiro atoms. The number of para-hydroxylation sites is 1. The fourth-order valence-corrected chi connectivity index (χ4v) is 6.05. The van der Waals surface area contributed by atoms with E-state index in [4.69, 9.17) is 9.15 Å². The summed E-state index contributed by atoms with van der Waals surface area (Å²) >= 11 is 1.17. The van der Waals surface area contributed by atoms with Gasteiger partial charge in [0.1, 0.15) is 23.6 Å². The lowest BCUT2D eigenvalue weighted by Gasteiger charge is -2.45. The molecule has 5 atom stereocenters. The van der Waals surface area contributed by atoms with Crippen molar-refractivity contribution >= 4 is 22.7 Å². The summed E-state index contributed by atoms with van der Waals surface area (Å²) in [4.78, 5) is -1.22. The molecule has 5 rings (SSSR count). The average Bonchev–Trinajstić information content (AvgIpc) is 3.31. The molecule has 6 nitrogen and oxygen atoms in total. The Morgan fingerprint density at radius 1 is 1.10 bits per heavy atom. The maximum absolute atomic E-state index is 10.8. The average molecular weight is 429 g/mol. The number of furan rings is 1. The number of benzene rings is 2. The fourth-order valence-electron chi connectivity index (χ4n) is 4.50. The van der Waals surface area contributed by atoms with Gasteiger partial charge in [-0.3, -0.25) is 0 Å². The lowest BCUT2D eigenvalue weighted by atomic mass is 9.90. The highest BCUT2D eigenvalue weighted by Gasteiger charge is 2.57. The van der Waals surface area contributed by atoms with Gasteiger partial charge < -0.3 is 29.6 Å². The SMILES string of the molecule is Cc1cc2c(cc1Cc1cc3ccccc3o1)[C@]1(OC2)S[C@H](CO)[C@@H](O)[C@H](O)[C@H]1O. The molecule has 3 heterocycles. The number of hydrogen-bond donors (Lipinski definition) is 4. The number of aliphatic hydroxyl groups excluding tert-OH is 4. The highest BCUT2D eigenvalue weighted by molar-refractivity contribution is 8.00. The molecule has 1 saturated heterocycles. The monoisotopic (exact) mass is 428 g/mol. The lowest BCUT2D eigenvalue weighted by molar-refractivity contribution is -0.147. The van der Waals surface area contributed by atoms with Crippen LogP contribution in [0.1, 0.15) is 28.0 Å². The molecule has 0 saturated carbocycles. The van der Waals surface area contributed by atoms with E-state index in [0.717, 1.165) is 39.0 Å². The predicted octanol–water partition coefficient (Wildman–Crippen LogP) is 2.21. The van der Waals surface area contributed by atoms with E-state index in [-0.39, 0.29) is 6.61 Å². The molecule has 2 aliphatic heterocycles. The second kappa shape index (κ2) is 7.37. The highest BCUT2D eigenvalue weighted by atomic mass is 32.2. The van der Waals surface area contributed by atoms with Gasteiger partial charge in [-0.1, -0.05) is 30.3 Å². The number of aliphatic hydroxyl groups is 4. The summed E-state index contributed by atoms with van der Waals surface area (Å²) in [6.07, 6.45) is -3.37. The zero-order valence-corrected chi connectivity index (χ0v) is 17.3. The van der Waals surface area contributed by atoms with Crippen molar-refractivity contribution in [3.05, 3.63) is 70.5 Å². The van der Waals surface area contributed by atoms with Crippen LogP contribution in [0.5, 0.6) is 0 Å². The molecule has 0 aliphatic carbocycles. The fraction of sp³-hybridized carbons (Fsp3) is 0.391. The minimum Gasteiger partial charge on any atom is -0.461 e. The normalized spacial score (nSPS) is 30.8. The summed E-state index contributed by atoms with van der Waals surface area (Å²) < 4.78 is 12.0. The Morgan fingerprint density at radius 3 is 2.67 bits per heavy atom. The summed E-state index contributed by atoms with van der Waals surface area (Å²) in [6, 6.07) is 13.9. The van der Waals surface area contributed by atoms with Crippen LogP contribution >= 0.6 is 11.8 Å². The molecule has 4 N–H and O–H groups in total. The number of fused-ring (bicyclic) bond motifs is 3. The van der Waals surface area contributed by atoms with Gasteiger partial charge in [-0.15, -0.1) is 11.8 Å². The number of ether oxygens (including phenoxy) is 1. The van der Waals surface area contributed by atoms with Crippen molar-refractivity contribution in [3.63, 3.8) is 0 Å². The van der Waals surface area contributed by atoms with E-state index in [0.29, 0.717) is 13.0 Å². The number of hydrogen-bond acceptors (Lipinski definition) is 7. The van der Waals surface area contributed by atoms with Crippen molar-refractivity contribution < 1.29 is 29.6 Å². The second-order valence-electron chi connectivity index (χ2n) is 8.08. The molecule has 0 bridgehead atoms. The summed E-state index contributed by atoms with van der Waals surface area (Å²) in [5, 5.41) is 41.5. The molecular formula is C23H24O6S. The van der Waals surface area contributed by atoms with E-state index < -0.39 is 28.5 Å². The molecule has 0 amide bonds. The molecule has 0 radical (unpaired) electrons. The van der Waals surface area contributed by atoms with Gasteiger partial charge in [0.25, 0.3) is 0 Å². The minimum atomic E-state index is -1.41. The van der Waals surface area contributed by atoms with Crippen molar-refractivity contribution in [1.29, 1.82) is 0 Å². The summed E-state index contributed by atoms with van der Waals surface area (Å²) in [7, 11) is 0. The smallest absolute Gasteiger partial charge is 0.168 e. The molecule has 1 fully saturated rings. The van der Waals surface area contributed by atoms with Gasteiger partial charge in [0.15, 0.2) is 4.93 Å². The zero-order valence-electron chi connectivity index (χ0n) is 16.5. The van der Waals surface area contributed by atoms with E-state index >= 15 is 0 Å². The Hall–Kier alpha value is -1.87. The van der Waals surface area contributed by atoms with Crippen LogP contribution in [0.2, 0.25) is 0 Å². The quantitative estimate of drug-likeness (QED) is 0.507. The van der Waals surface area contributed by atoms with Gasteiger partial charge in [0.2, 0.25) is 0 Å². The van der Waals surface area contributed by atoms with Crippen LogP contribution < -0.4 is 0 Å². The Morgan fingerprint density at radius 2 is 1.90 bits per heavy atom. The summed E-state index contributed by atoms with van der Waals surface area (Å²) in [6.45, 7) is 2.00. The van der Waals surface area contributed by atoms with E-state index in [9.17, 15) is 20.4 Å². The summed E-state index contributed by atoms with van der Waals surface area (Å²) in [5.41, 5.74) is 4.68. The third-order valence-corrected chi connectivity index (χ3v) is 7.83. The Bertz CT molecular complexity index is 1060. The molecule has 7 heteroatoms. The minimum absolute atomic E-state index is 0.298. The Balaban J connectivity index is 1.54. The first-order chi connectivity index (χ1) is 14.4. The van der Waals surface area contributed by atoms with Crippen LogP contribution in [-0.2, 0) is 22.7 Å². The molecule has 2 aromatic carbocycles. The van der Waals surface area contributed by atoms with Crippen molar-refractivity contribution in [2.75, 3.05) is 6.61 Å². The van der Waals surface area contributed by atoms with E-state index in [1.54, 1.807) is 0 Å². The van der Waals surface area contributed by atoms with E-state index in [1.807, 2.05) is 49.4 Å². The van der Waals surface area contributed by atoms with E-state index in [1.165, 1.54) is 11.8 Å². The molecule has 2 aliphatic rings. The maximum atomic E-state index is 10.8. The molecular weight excluding hydrogens is 404 g/mol. The van der Waals surface area contributed by atoms with Gasteiger partial charge in [0, 0.05) is 17.4 Å². The third kappa shape index (κ3) is 3.00. The standard InChI is InChI=1S/C23H24O6S/c1-12-6-15-11-28-23(22(27)21(26)20(25)19(10-24)30-23)17(15)9-14(12)8-16-7-13-4-2-3-5-18(13)29-16/h2-7,9,19-22,24-27H,8,10-11H2,1H3/t19-,20-,21+,22-,23+/m1/s1. The topological polar surface area (TPSA) is 103 Å². The van der Waals surface area contributed by atoms with Crippen LogP contribution in [0, 0.1) is 6.92 Å². The number of aryl methyl sites for hydroxylation is 1. The van der Waals surface area contributed by atoms with Crippen LogP contribution in [0.3, 0.4) is 0 Å². The zero-order chi connectivity index (χ0) is 21.0. The van der Waals surface area contributed by atoms with Gasteiger partial charge in [0.05, 0.1) is 24.6 Å². The second-order valence-corrected chi connectivity index (χ2v) is 9.53. The van der Waals surface area contributed by atoms with Gasteiger partial charge >= 0.3 is 0 Å². The number of rotatable bonds is 3. The first-order valence-corrected chi connectivity index (χ1v) is 10.9. The third-order valence-electron chi connectivity index (χ3n) is 6.17. The van der Waals surface area contributed by atoms with Crippen molar-refractivity contribution in [1.82, 2.24) is 0 Å². The van der Waals surface area contributed by atoms with E-state index in [2.05, 4.69) is 0 Å². The molecule has 1 aromatic heterocycles. The lowest BCUT2D eigenvalue weighted by Crippen LogP contribution is -2.58. The maximum Gasteiger partial charge on any atom is 0.168 e. The van der Waals surface area contributed by atoms with Gasteiger partial charge in [-0.2, -0.15) is 0 Å². The molecule has 30 heavy (non-hydrogen) atoms. The molecule has 158 valence electrons. The molecule has 0 unspecified atom stereocenters. The number of thioether (sulfide) groups is 1. The first-order valence-electron chi connectivity index (χ1n) is 10.00. The van der Waals surface area contributed by atoms with Crippen molar-refractivity contribution in [2.24, 2.45) is 0 Å². The van der Waals surface area contributed by atoms with Crippen LogP contribution in [0.25, 0.3) is 11.0 Å². The van der Waals surface area contributed by atoms with Gasteiger partial charge in [-0.05, 0) is 35.7 Å². The predicted molar refractivity (Wildman–Crippen MR) is 113 cm³/mol. The van der Waals surface area contributed by atoms with Crippen LogP contribution in [0.15, 0.2) is 46.9 Å².